The van der Waals surface area contributed by atoms with Gasteiger partial charge in [0.1, 0.15) is 18.5 Å². The summed E-state index contributed by atoms with van der Waals surface area (Å²) in [4.78, 5) is 30.2. The second-order valence-corrected chi connectivity index (χ2v) is 10.7. The first-order valence-electron chi connectivity index (χ1n) is 11.7. The van der Waals surface area contributed by atoms with Crippen molar-refractivity contribution in [3.05, 3.63) is 0 Å². The van der Waals surface area contributed by atoms with Crippen LogP contribution in [0.3, 0.4) is 0 Å². The Balaban J connectivity index is -0.000000174. The van der Waals surface area contributed by atoms with Crippen molar-refractivity contribution in [2.24, 2.45) is 0 Å². The molecule has 0 heterocycles. The average Bonchev–Trinajstić information content (AvgIpc) is 2.68. The maximum atomic E-state index is 10.1. The Morgan fingerprint density at radius 2 is 0.613 bits per heavy atom. The van der Waals surface area contributed by atoms with E-state index in [0.29, 0.717) is 18.5 Å². The second-order valence-electron chi connectivity index (χ2n) is 7.41. The molecule has 0 rings (SSSR count). The Morgan fingerprint density at radius 3 is 0.774 bits per heavy atom. The summed E-state index contributed by atoms with van der Waals surface area (Å²) >= 11 is 0. The van der Waals surface area contributed by atoms with Crippen LogP contribution in [0.5, 0.6) is 0 Å². The molecule has 0 aliphatic carbocycles. The number of hydrogen-bond donors (Lipinski definition) is 0. The summed E-state index contributed by atoms with van der Waals surface area (Å²) in [6.45, 7) is 6.44. The van der Waals surface area contributed by atoms with Gasteiger partial charge in [-0.2, -0.15) is 0 Å². The molecular formula is C21H45CrO6P3+3. The van der Waals surface area contributed by atoms with Gasteiger partial charge in [0, 0.05) is 0 Å². The molecular weight excluding hydrogens is 493 g/mol. The standard InChI is InChI=1S/3C7H15O2P.Cr/c3*1-2-3-4-5-6-7-10(8)9;/h3*2-7H2,1H3;/q;;;+3. The van der Waals surface area contributed by atoms with E-state index >= 15 is 0 Å². The van der Waals surface area contributed by atoms with Gasteiger partial charge in [-0.15, -0.1) is 0 Å². The van der Waals surface area contributed by atoms with Gasteiger partial charge in [0.25, 0.3) is 0 Å². The van der Waals surface area contributed by atoms with Crippen molar-refractivity contribution in [1.29, 1.82) is 0 Å². The molecule has 0 amide bonds. The quantitative estimate of drug-likeness (QED) is 0.152. The molecule has 3 unspecified atom stereocenters. The molecule has 0 aliphatic heterocycles. The Bertz CT molecular complexity index is 344. The topological polar surface area (TPSA) is 120 Å². The zero-order valence-corrected chi connectivity index (χ0v) is 23.9. The first-order valence-corrected chi connectivity index (χ1v) is 15.8. The Hall–Kier alpha value is 0.712. The average molecular weight is 539 g/mol. The number of hydrogen-bond acceptors (Lipinski definition) is 6. The predicted octanol–water partition coefficient (Wildman–Crippen LogP) is 6.18. The van der Waals surface area contributed by atoms with Gasteiger partial charge in [-0.25, -0.2) is 0 Å². The molecule has 10 heteroatoms. The van der Waals surface area contributed by atoms with Crippen LogP contribution < -0.4 is 14.7 Å². The second kappa shape index (κ2) is 35.3. The summed E-state index contributed by atoms with van der Waals surface area (Å²) in [6, 6.07) is 0. The van der Waals surface area contributed by atoms with Gasteiger partial charge in [-0.1, -0.05) is 92.3 Å². The third kappa shape index (κ3) is 53.7. The third-order valence-corrected chi connectivity index (χ3v) is 6.38. The van der Waals surface area contributed by atoms with Crippen LogP contribution in [0.4, 0.5) is 0 Å². The van der Waals surface area contributed by atoms with Gasteiger partial charge >= 0.3 is 41.4 Å². The van der Waals surface area contributed by atoms with Crippen molar-refractivity contribution >= 4 is 24.1 Å². The van der Waals surface area contributed by atoms with E-state index in [1.54, 1.807) is 0 Å². The van der Waals surface area contributed by atoms with Crippen LogP contribution in [0.1, 0.15) is 117 Å². The summed E-state index contributed by atoms with van der Waals surface area (Å²) in [7, 11) is -6.36. The smallest absolute Gasteiger partial charge is 0.596 e. The molecule has 6 nitrogen and oxygen atoms in total. The van der Waals surface area contributed by atoms with Gasteiger partial charge in [0.05, 0.1) is 0 Å². The minimum atomic E-state index is -2.12. The van der Waals surface area contributed by atoms with E-state index in [-0.39, 0.29) is 17.4 Å². The summed E-state index contributed by atoms with van der Waals surface area (Å²) < 4.78 is 30.2. The van der Waals surface area contributed by atoms with Crippen molar-refractivity contribution in [3.8, 4) is 0 Å². The predicted molar refractivity (Wildman–Crippen MR) is 124 cm³/mol. The molecule has 0 N–H and O–H groups in total. The fourth-order valence-electron chi connectivity index (χ4n) is 2.53. The minimum Gasteiger partial charge on any atom is -0.596 e. The molecule has 0 saturated carbocycles. The molecule has 0 spiro atoms. The van der Waals surface area contributed by atoms with Crippen molar-refractivity contribution in [1.82, 2.24) is 0 Å². The largest absolute Gasteiger partial charge is 3.00 e. The van der Waals surface area contributed by atoms with Gasteiger partial charge in [0.15, 0.2) is 0 Å². The monoisotopic (exact) mass is 538 g/mol. The van der Waals surface area contributed by atoms with Crippen LogP contribution in [0.15, 0.2) is 0 Å². The van der Waals surface area contributed by atoms with E-state index in [9.17, 15) is 28.4 Å². The summed E-state index contributed by atoms with van der Waals surface area (Å²) in [5.41, 5.74) is 0. The van der Waals surface area contributed by atoms with Crippen LogP contribution in [0.25, 0.3) is 0 Å². The molecule has 0 fully saturated rings. The van der Waals surface area contributed by atoms with E-state index in [2.05, 4.69) is 20.8 Å². The zero-order valence-electron chi connectivity index (χ0n) is 19.9. The maximum absolute atomic E-state index is 10.1. The van der Waals surface area contributed by atoms with Crippen molar-refractivity contribution < 1.29 is 45.7 Å². The van der Waals surface area contributed by atoms with Crippen LogP contribution >= 0.6 is 24.1 Å². The van der Waals surface area contributed by atoms with E-state index in [1.165, 1.54) is 57.8 Å². The Morgan fingerprint density at radius 1 is 0.419 bits per heavy atom. The van der Waals surface area contributed by atoms with Crippen molar-refractivity contribution in [3.63, 3.8) is 0 Å². The zero-order chi connectivity index (χ0) is 23.5. The molecule has 0 aromatic heterocycles. The van der Waals surface area contributed by atoms with Crippen LogP contribution in [0, 0.1) is 0 Å². The molecule has 0 saturated heterocycles. The van der Waals surface area contributed by atoms with Gasteiger partial charge < -0.3 is 14.7 Å². The molecule has 0 aromatic rings. The first kappa shape index (κ1) is 39.0. The minimum absolute atomic E-state index is 0. The van der Waals surface area contributed by atoms with E-state index < -0.39 is 24.1 Å². The van der Waals surface area contributed by atoms with Gasteiger partial charge in [-0.05, 0) is 38.5 Å². The molecule has 183 valence electrons. The maximum Gasteiger partial charge on any atom is 3.00 e. The third-order valence-electron chi connectivity index (χ3n) is 4.33. The van der Waals surface area contributed by atoms with Crippen molar-refractivity contribution in [2.75, 3.05) is 18.5 Å². The van der Waals surface area contributed by atoms with Crippen molar-refractivity contribution in [2.45, 2.75) is 117 Å². The summed E-state index contributed by atoms with van der Waals surface area (Å²) in [6.07, 6.45) is 17.7. The molecule has 0 aromatic carbocycles. The SMILES string of the molecule is CCCCCCC[P+](=O)[O-].CCCCCCC[P+](=O)[O-].CCCCCCC[P+](=O)[O-].[Cr+3]. The van der Waals surface area contributed by atoms with Gasteiger partial charge in [0.2, 0.25) is 0 Å². The molecule has 1 radical (unpaired) electrons. The Labute approximate surface area is 205 Å². The van der Waals surface area contributed by atoms with E-state index in [1.807, 2.05) is 0 Å². The molecule has 31 heavy (non-hydrogen) atoms. The molecule has 3 atom stereocenters. The fourth-order valence-corrected chi connectivity index (χ4v) is 3.98. The fraction of sp³-hybridized carbons (Fsp3) is 1.00. The van der Waals surface area contributed by atoms with E-state index in [4.69, 9.17) is 0 Å². The van der Waals surface area contributed by atoms with Crippen LogP contribution in [0.2, 0.25) is 0 Å². The summed E-state index contributed by atoms with van der Waals surface area (Å²) in [5.74, 6) is 0. The molecule has 0 bridgehead atoms. The first-order chi connectivity index (χ1) is 14.3. The normalized spacial score (nSPS) is 11.2. The number of unbranched alkanes of at least 4 members (excludes halogenated alkanes) is 12. The molecule has 0 aliphatic rings. The van der Waals surface area contributed by atoms with E-state index in [0.717, 1.165) is 38.5 Å². The van der Waals surface area contributed by atoms with Crippen LogP contribution in [-0.4, -0.2) is 18.5 Å². The van der Waals surface area contributed by atoms with Crippen LogP contribution in [-0.2, 0) is 31.1 Å². The van der Waals surface area contributed by atoms with Gasteiger partial charge in [-0.3, -0.25) is 0 Å². The summed E-state index contributed by atoms with van der Waals surface area (Å²) in [5, 5.41) is 0. The Kier molecular flexibility index (Phi) is 44.4. The number of rotatable bonds is 18.